The van der Waals surface area contributed by atoms with Crippen molar-refractivity contribution in [2.45, 2.75) is 24.7 Å². The first-order valence-electron chi connectivity index (χ1n) is 8.17. The number of sulfonamides is 1. The van der Waals surface area contributed by atoms with Crippen LogP contribution in [0.25, 0.3) is 0 Å². The number of benzene rings is 2. The molecule has 1 fully saturated rings. The molecule has 3 rings (SSSR count). The Morgan fingerprint density at radius 2 is 2.00 bits per heavy atom. The molecule has 28 heavy (non-hydrogen) atoms. The minimum Gasteiger partial charge on any atom is -0.310 e. The van der Waals surface area contributed by atoms with Crippen molar-refractivity contribution in [3.05, 3.63) is 56.8 Å². The number of anilines is 2. The van der Waals surface area contributed by atoms with Crippen molar-refractivity contribution in [1.82, 2.24) is 0 Å². The van der Waals surface area contributed by atoms with Crippen molar-refractivity contribution in [2.75, 3.05) is 16.2 Å². The zero-order valence-electron chi connectivity index (χ0n) is 14.6. The number of halogens is 2. The number of nitrogens with one attached hydrogen (secondary N) is 1. The topological polar surface area (TPSA) is 110 Å². The van der Waals surface area contributed by atoms with E-state index in [0.29, 0.717) is 19.4 Å². The van der Waals surface area contributed by atoms with Gasteiger partial charge in [0.05, 0.1) is 26.2 Å². The first-order valence-corrected chi connectivity index (χ1v) is 10.0. The summed E-state index contributed by atoms with van der Waals surface area (Å²) in [6.07, 6.45) is 0.959. The highest BCUT2D eigenvalue weighted by Gasteiger charge is 2.26. The fourth-order valence-corrected chi connectivity index (χ4v) is 4.27. The molecule has 0 aromatic heterocycles. The van der Waals surface area contributed by atoms with Crippen LogP contribution in [-0.2, 0) is 14.8 Å². The Hall–Kier alpha value is -2.72. The maximum absolute atomic E-state index is 14.4. The van der Waals surface area contributed by atoms with Gasteiger partial charge in [-0.3, -0.25) is 19.6 Å². The molecule has 1 amide bonds. The zero-order valence-corrected chi connectivity index (χ0v) is 16.2. The molecule has 1 N–H and O–H groups in total. The molecular weight excluding hydrogens is 413 g/mol. The van der Waals surface area contributed by atoms with E-state index in [4.69, 9.17) is 11.6 Å². The lowest BCUT2D eigenvalue weighted by molar-refractivity contribution is -0.385. The highest BCUT2D eigenvalue weighted by molar-refractivity contribution is 7.92. The summed E-state index contributed by atoms with van der Waals surface area (Å²) >= 11 is 5.91. The predicted molar refractivity (Wildman–Crippen MR) is 102 cm³/mol. The summed E-state index contributed by atoms with van der Waals surface area (Å²) in [6, 6.07) is 5.53. The smallest absolute Gasteiger partial charge is 0.275 e. The van der Waals surface area contributed by atoms with Crippen LogP contribution in [0.15, 0.2) is 35.2 Å². The van der Waals surface area contributed by atoms with Gasteiger partial charge in [0.25, 0.3) is 15.7 Å². The summed E-state index contributed by atoms with van der Waals surface area (Å²) in [6.45, 7) is 1.80. The minimum atomic E-state index is -4.25. The SMILES string of the molecule is Cc1c(Cl)cc(S(=O)(=O)Nc2ccc(N3CCCC3=O)c(F)c2)cc1[N+](=O)[O-]. The largest absolute Gasteiger partial charge is 0.310 e. The third-order valence-corrected chi connectivity index (χ3v) is 6.11. The Kier molecular flexibility index (Phi) is 5.26. The van der Waals surface area contributed by atoms with Crippen molar-refractivity contribution in [3.8, 4) is 0 Å². The van der Waals surface area contributed by atoms with Gasteiger partial charge in [-0.2, -0.15) is 0 Å². The summed E-state index contributed by atoms with van der Waals surface area (Å²) < 4.78 is 41.7. The average Bonchev–Trinajstić information content (AvgIpc) is 3.02. The molecule has 1 saturated heterocycles. The molecule has 0 bridgehead atoms. The summed E-state index contributed by atoms with van der Waals surface area (Å²) in [5.74, 6) is -0.961. The van der Waals surface area contributed by atoms with Crippen LogP contribution in [0.1, 0.15) is 18.4 Å². The number of hydrogen-bond donors (Lipinski definition) is 1. The molecule has 0 aliphatic carbocycles. The Morgan fingerprint density at radius 3 is 2.57 bits per heavy atom. The van der Waals surface area contributed by atoms with Crippen LogP contribution in [0.2, 0.25) is 5.02 Å². The highest BCUT2D eigenvalue weighted by Crippen LogP contribution is 2.31. The summed E-state index contributed by atoms with van der Waals surface area (Å²) in [5, 5.41) is 11.0. The number of amides is 1. The number of nitro benzene ring substituents is 1. The van der Waals surface area contributed by atoms with E-state index >= 15 is 0 Å². The van der Waals surface area contributed by atoms with E-state index in [-0.39, 0.29) is 27.9 Å². The molecule has 1 aliphatic heterocycles. The predicted octanol–water partition coefficient (Wildman–Crippen LogP) is 3.62. The van der Waals surface area contributed by atoms with E-state index in [9.17, 15) is 27.7 Å². The van der Waals surface area contributed by atoms with Gasteiger partial charge < -0.3 is 4.90 Å². The van der Waals surface area contributed by atoms with Gasteiger partial charge in [-0.15, -0.1) is 0 Å². The molecule has 1 heterocycles. The molecule has 2 aromatic carbocycles. The monoisotopic (exact) mass is 427 g/mol. The second-order valence-electron chi connectivity index (χ2n) is 6.23. The zero-order chi connectivity index (χ0) is 20.6. The maximum Gasteiger partial charge on any atom is 0.275 e. The Bertz CT molecular complexity index is 1090. The fourth-order valence-electron chi connectivity index (χ4n) is 2.89. The number of nitro groups is 1. The first kappa shape index (κ1) is 20.0. The molecule has 2 aromatic rings. The normalized spacial score (nSPS) is 14.4. The quantitative estimate of drug-likeness (QED) is 0.578. The second kappa shape index (κ2) is 7.36. The molecule has 1 aliphatic rings. The third-order valence-electron chi connectivity index (χ3n) is 4.36. The molecule has 0 spiro atoms. The second-order valence-corrected chi connectivity index (χ2v) is 8.32. The first-order chi connectivity index (χ1) is 13.1. The lowest BCUT2D eigenvalue weighted by atomic mass is 10.2. The van der Waals surface area contributed by atoms with E-state index in [1.54, 1.807) is 0 Å². The van der Waals surface area contributed by atoms with E-state index < -0.39 is 31.3 Å². The summed E-state index contributed by atoms with van der Waals surface area (Å²) in [4.78, 5) is 23.0. The van der Waals surface area contributed by atoms with Crippen molar-refractivity contribution in [3.63, 3.8) is 0 Å². The van der Waals surface area contributed by atoms with Gasteiger partial charge in [0.15, 0.2) is 0 Å². The van der Waals surface area contributed by atoms with Gasteiger partial charge >= 0.3 is 0 Å². The van der Waals surface area contributed by atoms with Crippen molar-refractivity contribution in [2.24, 2.45) is 0 Å². The maximum atomic E-state index is 14.4. The molecule has 0 radical (unpaired) electrons. The lowest BCUT2D eigenvalue weighted by Gasteiger charge is -2.17. The van der Waals surface area contributed by atoms with Crippen LogP contribution >= 0.6 is 11.6 Å². The van der Waals surface area contributed by atoms with Crippen LogP contribution in [0.4, 0.5) is 21.5 Å². The van der Waals surface area contributed by atoms with Crippen LogP contribution in [0.3, 0.4) is 0 Å². The van der Waals surface area contributed by atoms with Gasteiger partial charge in [0, 0.05) is 30.7 Å². The molecular formula is C17H15ClFN3O5S. The Balaban J connectivity index is 1.92. The number of hydrogen-bond acceptors (Lipinski definition) is 5. The third kappa shape index (κ3) is 3.78. The van der Waals surface area contributed by atoms with Crippen LogP contribution in [-0.4, -0.2) is 25.8 Å². The minimum absolute atomic E-state index is 0.0690. The van der Waals surface area contributed by atoms with E-state index in [1.165, 1.54) is 24.0 Å². The van der Waals surface area contributed by atoms with Crippen molar-refractivity contribution in [1.29, 1.82) is 0 Å². The number of rotatable bonds is 5. The summed E-state index contributed by atoms with van der Waals surface area (Å²) in [5.41, 5.74) is -0.329. The Morgan fingerprint density at radius 1 is 1.29 bits per heavy atom. The fraction of sp³-hybridized carbons (Fsp3) is 0.235. The summed E-state index contributed by atoms with van der Waals surface area (Å²) in [7, 11) is -4.25. The number of nitrogens with zero attached hydrogens (tertiary/aromatic N) is 2. The number of carbonyl (C=O) groups is 1. The standard InChI is InChI=1S/C17H15ClFN3O5S/c1-10-13(18)8-12(9-16(10)22(24)25)28(26,27)20-11-4-5-15(14(19)7-11)21-6-2-3-17(21)23/h4-5,7-9,20H,2-3,6H2,1H3. The van der Waals surface area contributed by atoms with Crippen molar-refractivity contribution < 1.29 is 22.5 Å². The van der Waals surface area contributed by atoms with Gasteiger partial charge in [-0.25, -0.2) is 12.8 Å². The van der Waals surface area contributed by atoms with Crippen molar-refractivity contribution >= 4 is 44.6 Å². The lowest BCUT2D eigenvalue weighted by Crippen LogP contribution is -2.24. The van der Waals surface area contributed by atoms with Gasteiger partial charge in [-0.05, 0) is 31.5 Å². The van der Waals surface area contributed by atoms with E-state index in [2.05, 4.69) is 4.72 Å². The average molecular weight is 428 g/mol. The van der Waals surface area contributed by atoms with Crippen LogP contribution in [0.5, 0.6) is 0 Å². The molecule has 0 unspecified atom stereocenters. The highest BCUT2D eigenvalue weighted by atomic mass is 35.5. The molecule has 0 saturated carbocycles. The van der Waals surface area contributed by atoms with Crippen LogP contribution in [0, 0.1) is 22.9 Å². The van der Waals surface area contributed by atoms with Gasteiger partial charge in [0.1, 0.15) is 5.82 Å². The van der Waals surface area contributed by atoms with Gasteiger partial charge in [-0.1, -0.05) is 11.6 Å². The van der Waals surface area contributed by atoms with E-state index in [0.717, 1.165) is 18.2 Å². The van der Waals surface area contributed by atoms with E-state index in [1.807, 2.05) is 0 Å². The molecule has 148 valence electrons. The molecule has 8 nitrogen and oxygen atoms in total. The Labute approximate surface area is 165 Å². The molecule has 0 atom stereocenters. The van der Waals surface area contributed by atoms with Gasteiger partial charge in [0.2, 0.25) is 5.91 Å². The molecule has 11 heteroatoms. The number of carbonyl (C=O) groups excluding carboxylic acids is 1. The van der Waals surface area contributed by atoms with Crippen LogP contribution < -0.4 is 9.62 Å².